The number of para-hydroxylation sites is 1. The molecule has 0 aliphatic carbocycles. The van der Waals surface area contributed by atoms with Crippen molar-refractivity contribution in [3.05, 3.63) is 65.7 Å². The highest BCUT2D eigenvalue weighted by Crippen LogP contribution is 2.27. The van der Waals surface area contributed by atoms with Gasteiger partial charge in [-0.25, -0.2) is 4.98 Å². The summed E-state index contributed by atoms with van der Waals surface area (Å²) in [6.07, 6.45) is 4.66. The maximum Gasteiger partial charge on any atom is 0.252 e. The number of benzene rings is 2. The van der Waals surface area contributed by atoms with Crippen molar-refractivity contribution < 1.29 is 4.79 Å². The van der Waals surface area contributed by atoms with E-state index in [9.17, 15) is 4.79 Å². The second-order valence-electron chi connectivity index (χ2n) is 7.51. The molecular weight excluding hydrogens is 344 g/mol. The predicted molar refractivity (Wildman–Crippen MR) is 118 cm³/mol. The van der Waals surface area contributed by atoms with Crippen LogP contribution in [0, 0.1) is 12.8 Å². The second kappa shape index (κ2) is 9.50. The summed E-state index contributed by atoms with van der Waals surface area (Å²) < 4.78 is 0. The Bertz CT molecular complexity index is 948. The minimum Gasteiger partial charge on any atom is -0.352 e. The average Bonchev–Trinajstić information content (AvgIpc) is 2.73. The Hall–Kier alpha value is -2.68. The first-order chi connectivity index (χ1) is 13.6. The van der Waals surface area contributed by atoms with Gasteiger partial charge in [-0.15, -0.1) is 0 Å². The smallest absolute Gasteiger partial charge is 0.252 e. The summed E-state index contributed by atoms with van der Waals surface area (Å²) in [4.78, 5) is 17.9. The predicted octanol–water partition coefficient (Wildman–Crippen LogP) is 6.16. The highest BCUT2D eigenvalue weighted by molar-refractivity contribution is 6.07. The topological polar surface area (TPSA) is 42.0 Å². The molecule has 3 aromatic rings. The lowest BCUT2D eigenvalue weighted by Gasteiger charge is -2.16. The molecule has 1 amide bonds. The van der Waals surface area contributed by atoms with Gasteiger partial charge in [0.15, 0.2) is 0 Å². The van der Waals surface area contributed by atoms with Gasteiger partial charge in [0, 0.05) is 17.5 Å². The minimum atomic E-state index is -0.0108. The van der Waals surface area contributed by atoms with Crippen LogP contribution >= 0.6 is 0 Å². The number of unbranched alkanes of at least 4 members (excludes halogenated alkanes) is 1. The van der Waals surface area contributed by atoms with Crippen LogP contribution in [0.5, 0.6) is 0 Å². The van der Waals surface area contributed by atoms with Gasteiger partial charge >= 0.3 is 0 Å². The highest BCUT2D eigenvalue weighted by Gasteiger charge is 2.16. The maximum atomic E-state index is 13.1. The Morgan fingerprint density at radius 2 is 1.82 bits per heavy atom. The number of fused-ring (bicyclic) bond motifs is 1. The SMILES string of the molecule is CCCCC(CC)CNC(=O)c1cc(-c2ccccc2C)nc2ccccc12. The van der Waals surface area contributed by atoms with E-state index in [-0.39, 0.29) is 5.91 Å². The molecule has 3 nitrogen and oxygen atoms in total. The number of carbonyl (C=O) groups excluding carboxylic acids is 1. The van der Waals surface area contributed by atoms with Crippen molar-refractivity contribution in [1.29, 1.82) is 0 Å². The van der Waals surface area contributed by atoms with Crippen molar-refractivity contribution in [2.75, 3.05) is 6.54 Å². The molecular formula is C25H30N2O. The first-order valence-electron chi connectivity index (χ1n) is 10.4. The van der Waals surface area contributed by atoms with Crippen LogP contribution in [0.4, 0.5) is 0 Å². The Kier molecular flexibility index (Phi) is 6.80. The number of rotatable bonds is 8. The summed E-state index contributed by atoms with van der Waals surface area (Å²) in [7, 11) is 0. The zero-order chi connectivity index (χ0) is 19.9. The van der Waals surface area contributed by atoms with Crippen LogP contribution in [0.25, 0.3) is 22.2 Å². The quantitative estimate of drug-likeness (QED) is 0.513. The molecule has 3 heteroatoms. The zero-order valence-corrected chi connectivity index (χ0v) is 17.2. The Morgan fingerprint density at radius 1 is 1.07 bits per heavy atom. The summed E-state index contributed by atoms with van der Waals surface area (Å²) in [6, 6.07) is 18.0. The first-order valence-corrected chi connectivity index (χ1v) is 10.4. The molecule has 0 radical (unpaired) electrons. The molecule has 146 valence electrons. The van der Waals surface area contributed by atoms with Crippen LogP contribution in [-0.4, -0.2) is 17.4 Å². The molecule has 1 heterocycles. The number of hydrogen-bond acceptors (Lipinski definition) is 2. The van der Waals surface area contributed by atoms with Crippen LogP contribution in [0.1, 0.15) is 55.5 Å². The fraction of sp³-hybridized carbons (Fsp3) is 0.360. The normalized spacial score (nSPS) is 12.1. The molecule has 1 atom stereocenters. The van der Waals surface area contributed by atoms with Crippen molar-refractivity contribution in [2.24, 2.45) is 5.92 Å². The molecule has 3 rings (SSSR count). The molecule has 0 fully saturated rings. The molecule has 0 aliphatic rings. The third kappa shape index (κ3) is 4.59. The maximum absolute atomic E-state index is 13.1. The summed E-state index contributed by atoms with van der Waals surface area (Å²) in [5.41, 5.74) is 4.62. The zero-order valence-electron chi connectivity index (χ0n) is 17.2. The molecule has 1 aromatic heterocycles. The Balaban J connectivity index is 1.93. The Morgan fingerprint density at radius 3 is 2.57 bits per heavy atom. The van der Waals surface area contributed by atoms with E-state index in [1.165, 1.54) is 19.3 Å². The van der Waals surface area contributed by atoms with E-state index >= 15 is 0 Å². The van der Waals surface area contributed by atoms with Crippen LogP contribution in [0.3, 0.4) is 0 Å². The summed E-state index contributed by atoms with van der Waals surface area (Å²) in [5, 5.41) is 4.08. The van der Waals surface area contributed by atoms with E-state index in [0.29, 0.717) is 11.5 Å². The van der Waals surface area contributed by atoms with Crippen molar-refractivity contribution in [1.82, 2.24) is 10.3 Å². The van der Waals surface area contributed by atoms with E-state index in [4.69, 9.17) is 4.98 Å². The number of carbonyl (C=O) groups is 1. The van der Waals surface area contributed by atoms with Gasteiger partial charge in [-0.3, -0.25) is 4.79 Å². The number of amides is 1. The number of hydrogen-bond donors (Lipinski definition) is 1. The fourth-order valence-electron chi connectivity index (χ4n) is 3.64. The van der Waals surface area contributed by atoms with Gasteiger partial charge in [-0.05, 0) is 37.0 Å². The van der Waals surface area contributed by atoms with Crippen LogP contribution in [0.2, 0.25) is 0 Å². The molecule has 0 saturated carbocycles. The van der Waals surface area contributed by atoms with Crippen molar-refractivity contribution in [2.45, 2.75) is 46.5 Å². The second-order valence-corrected chi connectivity index (χ2v) is 7.51. The van der Waals surface area contributed by atoms with Gasteiger partial charge in [0.2, 0.25) is 0 Å². The van der Waals surface area contributed by atoms with Gasteiger partial charge < -0.3 is 5.32 Å². The highest BCUT2D eigenvalue weighted by atomic mass is 16.1. The standard InChI is InChI=1S/C25H30N2O/c1-4-6-12-19(5-2)17-26-25(28)22-16-24(20-13-8-7-11-18(20)3)27-23-15-10-9-14-21(22)23/h7-11,13-16,19H,4-6,12,17H2,1-3H3,(H,26,28). The lowest BCUT2D eigenvalue weighted by atomic mass is 9.98. The van der Waals surface area contributed by atoms with E-state index in [2.05, 4.69) is 38.2 Å². The van der Waals surface area contributed by atoms with Crippen LogP contribution < -0.4 is 5.32 Å². The molecule has 2 aromatic carbocycles. The van der Waals surface area contributed by atoms with E-state index in [1.54, 1.807) is 0 Å². The van der Waals surface area contributed by atoms with Crippen LogP contribution in [-0.2, 0) is 0 Å². The molecule has 0 spiro atoms. The minimum absolute atomic E-state index is 0.0108. The number of aromatic nitrogens is 1. The average molecular weight is 375 g/mol. The van der Waals surface area contributed by atoms with Gasteiger partial charge in [-0.1, -0.05) is 75.6 Å². The summed E-state index contributed by atoms with van der Waals surface area (Å²) in [6.45, 7) is 7.21. The number of nitrogens with zero attached hydrogens (tertiary/aromatic N) is 1. The third-order valence-electron chi connectivity index (χ3n) is 5.48. The van der Waals surface area contributed by atoms with E-state index in [0.717, 1.165) is 40.7 Å². The first kappa shape index (κ1) is 20.1. The Labute approximate surface area is 168 Å². The van der Waals surface area contributed by atoms with Crippen molar-refractivity contribution >= 4 is 16.8 Å². The molecule has 28 heavy (non-hydrogen) atoms. The third-order valence-corrected chi connectivity index (χ3v) is 5.48. The summed E-state index contributed by atoms with van der Waals surface area (Å²) in [5.74, 6) is 0.524. The molecule has 1 unspecified atom stereocenters. The molecule has 0 bridgehead atoms. The van der Waals surface area contributed by atoms with E-state index in [1.807, 2.05) is 42.5 Å². The van der Waals surface area contributed by atoms with Gasteiger partial charge in [0.1, 0.15) is 0 Å². The number of nitrogens with one attached hydrogen (secondary N) is 1. The van der Waals surface area contributed by atoms with E-state index < -0.39 is 0 Å². The van der Waals surface area contributed by atoms with Crippen LogP contribution in [0.15, 0.2) is 54.6 Å². The molecule has 1 N–H and O–H groups in total. The monoisotopic (exact) mass is 374 g/mol. The molecule has 0 saturated heterocycles. The lowest BCUT2D eigenvalue weighted by molar-refractivity contribution is 0.0947. The number of aryl methyl sites for hydroxylation is 1. The van der Waals surface area contributed by atoms with Gasteiger partial charge in [-0.2, -0.15) is 0 Å². The molecule has 0 aliphatic heterocycles. The van der Waals surface area contributed by atoms with Crippen molar-refractivity contribution in [3.63, 3.8) is 0 Å². The van der Waals surface area contributed by atoms with Gasteiger partial charge in [0.25, 0.3) is 5.91 Å². The summed E-state index contributed by atoms with van der Waals surface area (Å²) >= 11 is 0. The van der Waals surface area contributed by atoms with Gasteiger partial charge in [0.05, 0.1) is 16.8 Å². The fourth-order valence-corrected chi connectivity index (χ4v) is 3.64. The number of pyridine rings is 1. The van der Waals surface area contributed by atoms with Crippen molar-refractivity contribution in [3.8, 4) is 11.3 Å². The largest absolute Gasteiger partial charge is 0.352 e. The lowest BCUT2D eigenvalue weighted by Crippen LogP contribution is -2.29.